The van der Waals surface area contributed by atoms with Crippen LogP contribution in [-0.4, -0.2) is 21.8 Å². The SMILES string of the molecule is CO[N+](=O)c1cnn(C)c(=O)c1N. The molecule has 0 saturated carbocycles. The van der Waals surface area contributed by atoms with E-state index in [-0.39, 0.29) is 16.3 Å². The van der Waals surface area contributed by atoms with Gasteiger partial charge in [0.15, 0.2) is 12.8 Å². The van der Waals surface area contributed by atoms with Crippen LogP contribution in [-0.2, 0) is 11.9 Å². The van der Waals surface area contributed by atoms with Gasteiger partial charge in [-0.25, -0.2) is 9.52 Å². The number of nitrogens with zero attached hydrogens (tertiary/aromatic N) is 3. The Bertz CT molecular complexity index is 397. The number of aromatic nitrogens is 2. The van der Waals surface area contributed by atoms with E-state index in [1.807, 2.05) is 0 Å². The summed E-state index contributed by atoms with van der Waals surface area (Å²) in [5.74, 6) is 0. The second-order valence-electron chi connectivity index (χ2n) is 2.31. The Morgan fingerprint density at radius 2 is 2.31 bits per heavy atom. The van der Waals surface area contributed by atoms with Gasteiger partial charge in [0.05, 0.1) is 4.91 Å². The minimum Gasteiger partial charge on any atom is -0.388 e. The molecule has 0 saturated heterocycles. The molecular weight excluding hydrogens is 176 g/mol. The van der Waals surface area contributed by atoms with Gasteiger partial charge in [0.2, 0.25) is 0 Å². The van der Waals surface area contributed by atoms with Crippen molar-refractivity contribution >= 4 is 11.4 Å². The summed E-state index contributed by atoms with van der Waals surface area (Å²) in [6.45, 7) is 0. The van der Waals surface area contributed by atoms with Gasteiger partial charge in [-0.3, -0.25) is 4.79 Å². The monoisotopic (exact) mass is 185 g/mol. The number of nitrogens with two attached hydrogens (primary N) is 1. The van der Waals surface area contributed by atoms with Crippen LogP contribution in [0, 0.1) is 4.91 Å². The molecular formula is C6H9N4O3+. The maximum atomic E-state index is 11.2. The van der Waals surface area contributed by atoms with E-state index in [1.165, 1.54) is 14.2 Å². The van der Waals surface area contributed by atoms with Crippen molar-refractivity contribution in [1.29, 1.82) is 0 Å². The topological polar surface area (TPSA) is 90.2 Å². The highest BCUT2D eigenvalue weighted by molar-refractivity contribution is 5.53. The number of hydrogen-bond donors (Lipinski definition) is 1. The first-order valence-corrected chi connectivity index (χ1v) is 3.41. The average molecular weight is 185 g/mol. The predicted molar refractivity (Wildman–Crippen MR) is 44.2 cm³/mol. The Kier molecular flexibility index (Phi) is 2.27. The van der Waals surface area contributed by atoms with Crippen LogP contribution in [0.4, 0.5) is 11.4 Å². The molecule has 7 nitrogen and oxygen atoms in total. The smallest absolute Gasteiger partial charge is 0.364 e. The molecule has 0 unspecified atom stereocenters. The summed E-state index contributed by atoms with van der Waals surface area (Å²) in [7, 11) is 2.61. The maximum absolute atomic E-state index is 11.2. The lowest BCUT2D eigenvalue weighted by Crippen LogP contribution is -2.23. The van der Waals surface area contributed by atoms with Gasteiger partial charge >= 0.3 is 5.69 Å². The second-order valence-corrected chi connectivity index (χ2v) is 2.31. The van der Waals surface area contributed by atoms with Crippen LogP contribution in [0.1, 0.15) is 0 Å². The van der Waals surface area contributed by atoms with Crippen molar-refractivity contribution in [2.75, 3.05) is 12.8 Å². The van der Waals surface area contributed by atoms with Gasteiger partial charge in [0.1, 0.15) is 6.20 Å². The fourth-order valence-corrected chi connectivity index (χ4v) is 0.791. The van der Waals surface area contributed by atoms with E-state index in [0.717, 1.165) is 10.9 Å². The number of anilines is 1. The van der Waals surface area contributed by atoms with E-state index in [4.69, 9.17) is 5.73 Å². The van der Waals surface area contributed by atoms with E-state index in [9.17, 15) is 9.70 Å². The summed E-state index contributed by atoms with van der Waals surface area (Å²) in [5, 5.41) is 3.61. The molecule has 2 N–H and O–H groups in total. The Balaban J connectivity index is 3.35. The first kappa shape index (κ1) is 9.17. The molecule has 1 heterocycles. The second kappa shape index (κ2) is 3.21. The molecule has 0 aliphatic heterocycles. The van der Waals surface area contributed by atoms with Gasteiger partial charge in [-0.2, -0.15) is 5.10 Å². The van der Waals surface area contributed by atoms with Crippen molar-refractivity contribution in [3.8, 4) is 0 Å². The van der Waals surface area contributed by atoms with Crippen LogP contribution in [0.5, 0.6) is 0 Å². The van der Waals surface area contributed by atoms with Crippen LogP contribution in [0.2, 0.25) is 0 Å². The highest BCUT2D eigenvalue weighted by Crippen LogP contribution is 2.13. The molecule has 1 aromatic heterocycles. The molecule has 0 spiro atoms. The van der Waals surface area contributed by atoms with Crippen LogP contribution < -0.4 is 11.3 Å². The molecule has 0 amide bonds. The number of rotatable bonds is 2. The molecule has 0 fully saturated rings. The molecule has 0 aliphatic rings. The first-order chi connectivity index (χ1) is 6.07. The molecule has 1 aromatic rings. The van der Waals surface area contributed by atoms with Gasteiger partial charge in [-0.1, -0.05) is 0 Å². The Morgan fingerprint density at radius 3 is 2.85 bits per heavy atom. The third-order valence-electron chi connectivity index (χ3n) is 1.52. The van der Waals surface area contributed by atoms with Gasteiger partial charge in [0.25, 0.3) is 10.5 Å². The molecule has 0 radical (unpaired) electrons. The lowest BCUT2D eigenvalue weighted by molar-refractivity contribution is -0.736. The van der Waals surface area contributed by atoms with E-state index in [2.05, 4.69) is 9.94 Å². The summed E-state index contributed by atoms with van der Waals surface area (Å²) >= 11 is 0. The third kappa shape index (κ3) is 1.48. The van der Waals surface area contributed by atoms with E-state index >= 15 is 0 Å². The lowest BCUT2D eigenvalue weighted by atomic mass is 10.4. The van der Waals surface area contributed by atoms with Crippen LogP contribution in [0.15, 0.2) is 11.0 Å². The largest absolute Gasteiger partial charge is 0.388 e. The Labute approximate surface area is 73.3 Å². The minimum absolute atomic E-state index is 0.0920. The molecule has 70 valence electrons. The number of hydrogen-bond acceptors (Lipinski definition) is 5. The van der Waals surface area contributed by atoms with Crippen LogP contribution in [0.3, 0.4) is 0 Å². The highest BCUT2D eigenvalue weighted by Gasteiger charge is 2.22. The summed E-state index contributed by atoms with van der Waals surface area (Å²) < 4.78 is 1.03. The van der Waals surface area contributed by atoms with Gasteiger partial charge in [-0.15, -0.1) is 0 Å². The zero-order chi connectivity index (χ0) is 10.0. The van der Waals surface area contributed by atoms with E-state index in [0.29, 0.717) is 0 Å². The maximum Gasteiger partial charge on any atom is 0.364 e. The highest BCUT2D eigenvalue weighted by atomic mass is 16.8. The van der Waals surface area contributed by atoms with Gasteiger partial charge in [0, 0.05) is 7.05 Å². The summed E-state index contributed by atoms with van der Waals surface area (Å²) in [6.07, 6.45) is 1.16. The van der Waals surface area contributed by atoms with Crippen molar-refractivity contribution in [3.63, 3.8) is 0 Å². The first-order valence-electron chi connectivity index (χ1n) is 3.41. The summed E-state index contributed by atoms with van der Waals surface area (Å²) in [4.78, 5) is 26.5. The van der Waals surface area contributed by atoms with Crippen LogP contribution >= 0.6 is 0 Å². The molecule has 7 heteroatoms. The quantitative estimate of drug-likeness (QED) is 0.617. The molecule has 13 heavy (non-hydrogen) atoms. The van der Waals surface area contributed by atoms with Crippen molar-refractivity contribution in [3.05, 3.63) is 21.5 Å². The zero-order valence-electron chi connectivity index (χ0n) is 7.22. The molecule has 0 bridgehead atoms. The van der Waals surface area contributed by atoms with Crippen LogP contribution in [0.25, 0.3) is 0 Å². The summed E-state index contributed by atoms with van der Waals surface area (Å²) in [5.41, 5.74) is 4.56. The normalized spacial score (nSPS) is 9.69. The third-order valence-corrected chi connectivity index (χ3v) is 1.52. The molecule has 0 atom stereocenters. The molecule has 0 aromatic carbocycles. The van der Waals surface area contributed by atoms with Crippen molar-refractivity contribution in [2.24, 2.45) is 7.05 Å². The lowest BCUT2D eigenvalue weighted by Gasteiger charge is -1.96. The van der Waals surface area contributed by atoms with E-state index in [1.54, 1.807) is 0 Å². The van der Waals surface area contributed by atoms with Gasteiger partial charge < -0.3 is 5.73 Å². The minimum atomic E-state index is -0.532. The van der Waals surface area contributed by atoms with Gasteiger partial charge in [-0.05, 0) is 0 Å². The average Bonchev–Trinajstić information content (AvgIpc) is 2.13. The Morgan fingerprint density at radius 1 is 1.69 bits per heavy atom. The zero-order valence-corrected chi connectivity index (χ0v) is 7.22. The van der Waals surface area contributed by atoms with Crippen molar-refractivity contribution < 1.29 is 9.76 Å². The molecule has 1 rings (SSSR count). The number of aryl methyl sites for hydroxylation is 1. The number of nitrogen functional groups attached to an aromatic ring is 1. The predicted octanol–water partition coefficient (Wildman–Crippen LogP) is -0.666. The summed E-state index contributed by atoms with van der Waals surface area (Å²) in [6, 6.07) is 0. The van der Waals surface area contributed by atoms with E-state index < -0.39 is 5.56 Å². The Hall–Kier alpha value is -1.92. The standard InChI is InChI=1S/C6H9N4O3/c1-9-6(11)5(7)4(3-8-9)10(12)13-2/h3H,7H2,1-2H3/q+1. The molecule has 0 aliphatic carbocycles. The van der Waals surface area contributed by atoms with Crippen molar-refractivity contribution in [2.45, 2.75) is 0 Å². The fourth-order valence-electron chi connectivity index (χ4n) is 0.791. The fraction of sp³-hybridized carbons (Fsp3) is 0.333. The van der Waals surface area contributed by atoms with Crippen molar-refractivity contribution in [1.82, 2.24) is 9.78 Å².